The van der Waals surface area contributed by atoms with Crippen molar-refractivity contribution in [1.82, 2.24) is 9.80 Å². The number of aliphatic carboxylic acids is 1. The SMILES string of the molecule is CC(=O)N(CC1CCCCC1)C[C@H]1CN(C(=O)OC(C)(C)C)C[C@@H]1C(=O)O. The number of nitrogens with zero attached hydrogens (tertiary/aromatic N) is 2. The smallest absolute Gasteiger partial charge is 0.410 e. The molecule has 1 saturated carbocycles. The Morgan fingerprint density at radius 3 is 2.22 bits per heavy atom. The minimum atomic E-state index is -0.924. The zero-order valence-electron chi connectivity index (χ0n) is 17.1. The normalized spacial score (nSPS) is 23.9. The van der Waals surface area contributed by atoms with E-state index in [0.717, 1.165) is 12.8 Å². The molecule has 1 saturated heterocycles. The van der Waals surface area contributed by atoms with Crippen molar-refractivity contribution < 1.29 is 24.2 Å². The fraction of sp³-hybridized carbons (Fsp3) is 0.850. The molecule has 1 N–H and O–H groups in total. The first-order chi connectivity index (χ1) is 12.6. The molecule has 2 fully saturated rings. The van der Waals surface area contributed by atoms with Crippen LogP contribution in [0, 0.1) is 17.8 Å². The van der Waals surface area contributed by atoms with Gasteiger partial charge in [-0.3, -0.25) is 9.59 Å². The first kappa shape index (κ1) is 21.5. The highest BCUT2D eigenvalue weighted by Gasteiger charge is 2.42. The highest BCUT2D eigenvalue weighted by molar-refractivity contribution is 5.76. The molecular formula is C20H34N2O5. The van der Waals surface area contributed by atoms with Crippen molar-refractivity contribution in [3.8, 4) is 0 Å². The summed E-state index contributed by atoms with van der Waals surface area (Å²) >= 11 is 0. The van der Waals surface area contributed by atoms with E-state index in [9.17, 15) is 19.5 Å². The van der Waals surface area contributed by atoms with Gasteiger partial charge in [-0.2, -0.15) is 0 Å². The van der Waals surface area contributed by atoms with Gasteiger partial charge in [-0.15, -0.1) is 0 Å². The Balaban J connectivity index is 2.02. The van der Waals surface area contributed by atoms with Crippen molar-refractivity contribution in [2.75, 3.05) is 26.2 Å². The van der Waals surface area contributed by atoms with Crippen LogP contribution < -0.4 is 0 Å². The Bertz CT molecular complexity index is 551. The van der Waals surface area contributed by atoms with Gasteiger partial charge in [-0.25, -0.2) is 4.79 Å². The van der Waals surface area contributed by atoms with Gasteiger partial charge in [0.15, 0.2) is 0 Å². The maximum absolute atomic E-state index is 12.3. The van der Waals surface area contributed by atoms with Crippen LogP contribution in [0.25, 0.3) is 0 Å². The van der Waals surface area contributed by atoms with E-state index in [2.05, 4.69) is 0 Å². The van der Waals surface area contributed by atoms with Gasteiger partial charge in [0.1, 0.15) is 5.60 Å². The first-order valence-electron chi connectivity index (χ1n) is 10.0. The maximum Gasteiger partial charge on any atom is 0.410 e. The fourth-order valence-corrected chi connectivity index (χ4v) is 4.11. The van der Waals surface area contributed by atoms with Gasteiger partial charge in [-0.1, -0.05) is 19.3 Å². The fourth-order valence-electron chi connectivity index (χ4n) is 4.11. The number of carboxylic acids is 1. The van der Waals surface area contributed by atoms with Crippen LogP contribution in [-0.4, -0.2) is 64.7 Å². The lowest BCUT2D eigenvalue weighted by Crippen LogP contribution is -2.41. The molecule has 1 aliphatic carbocycles. The van der Waals surface area contributed by atoms with Crippen molar-refractivity contribution in [2.45, 2.75) is 65.4 Å². The third kappa shape index (κ3) is 6.40. The van der Waals surface area contributed by atoms with Gasteiger partial charge >= 0.3 is 12.1 Å². The maximum atomic E-state index is 12.3. The Labute approximate surface area is 162 Å². The summed E-state index contributed by atoms with van der Waals surface area (Å²) in [5.74, 6) is -1.41. The Morgan fingerprint density at radius 1 is 1.07 bits per heavy atom. The lowest BCUT2D eigenvalue weighted by molar-refractivity contribution is -0.143. The third-order valence-corrected chi connectivity index (χ3v) is 5.51. The quantitative estimate of drug-likeness (QED) is 0.790. The monoisotopic (exact) mass is 382 g/mol. The number of hydrogen-bond acceptors (Lipinski definition) is 4. The zero-order valence-corrected chi connectivity index (χ0v) is 17.1. The predicted molar refractivity (Wildman–Crippen MR) is 101 cm³/mol. The van der Waals surface area contributed by atoms with E-state index in [4.69, 9.17) is 4.74 Å². The lowest BCUT2D eigenvalue weighted by atomic mass is 9.88. The second-order valence-electron chi connectivity index (χ2n) is 9.02. The number of rotatable bonds is 5. The minimum Gasteiger partial charge on any atom is -0.481 e. The average Bonchev–Trinajstić information content (AvgIpc) is 2.98. The van der Waals surface area contributed by atoms with Gasteiger partial charge in [0, 0.05) is 39.0 Å². The number of ether oxygens (including phenoxy) is 1. The van der Waals surface area contributed by atoms with Gasteiger partial charge in [0.05, 0.1) is 5.92 Å². The summed E-state index contributed by atoms with van der Waals surface area (Å²) in [7, 11) is 0. The molecule has 0 bridgehead atoms. The molecular weight excluding hydrogens is 348 g/mol. The molecule has 0 radical (unpaired) electrons. The van der Waals surface area contributed by atoms with Gasteiger partial charge in [0.25, 0.3) is 0 Å². The van der Waals surface area contributed by atoms with E-state index in [1.54, 1.807) is 32.6 Å². The molecule has 0 unspecified atom stereocenters. The molecule has 2 amide bonds. The van der Waals surface area contributed by atoms with Crippen LogP contribution in [0.4, 0.5) is 4.79 Å². The molecule has 2 aliphatic rings. The summed E-state index contributed by atoms with van der Waals surface area (Å²) in [5.41, 5.74) is -0.625. The predicted octanol–water partition coefficient (Wildman–Crippen LogP) is 2.98. The van der Waals surface area contributed by atoms with Crippen LogP contribution >= 0.6 is 0 Å². The van der Waals surface area contributed by atoms with Crippen LogP contribution in [0.2, 0.25) is 0 Å². The molecule has 154 valence electrons. The van der Waals surface area contributed by atoms with E-state index >= 15 is 0 Å². The summed E-state index contributed by atoms with van der Waals surface area (Å²) in [6.45, 7) is 8.40. The highest BCUT2D eigenvalue weighted by atomic mass is 16.6. The minimum absolute atomic E-state index is 0.0274. The Kier molecular flexibility index (Phi) is 7.12. The van der Waals surface area contributed by atoms with E-state index in [-0.39, 0.29) is 18.4 Å². The average molecular weight is 383 g/mol. The molecule has 7 heteroatoms. The van der Waals surface area contributed by atoms with Crippen LogP contribution in [0.1, 0.15) is 59.8 Å². The highest BCUT2D eigenvalue weighted by Crippen LogP contribution is 2.29. The van der Waals surface area contributed by atoms with Crippen LogP contribution in [0.5, 0.6) is 0 Å². The van der Waals surface area contributed by atoms with Gasteiger partial charge in [-0.05, 0) is 39.5 Å². The summed E-state index contributed by atoms with van der Waals surface area (Å²) in [6, 6.07) is 0. The number of carbonyl (C=O) groups is 3. The van der Waals surface area contributed by atoms with Crippen molar-refractivity contribution in [3.05, 3.63) is 0 Å². The standard InChI is InChI=1S/C20H34N2O5/c1-14(23)21(10-15-8-6-5-7-9-15)11-16-12-22(13-17(16)18(24)25)19(26)27-20(2,3)4/h15-17H,5-13H2,1-4H3,(H,24,25)/t16-,17-/m0/s1. The molecule has 1 heterocycles. The van der Waals surface area contributed by atoms with Crippen molar-refractivity contribution >= 4 is 18.0 Å². The van der Waals surface area contributed by atoms with E-state index in [0.29, 0.717) is 25.6 Å². The van der Waals surface area contributed by atoms with Gasteiger partial charge < -0.3 is 19.6 Å². The first-order valence-corrected chi connectivity index (χ1v) is 10.0. The molecule has 0 aromatic carbocycles. The Hall–Kier alpha value is -1.79. The number of hydrogen-bond donors (Lipinski definition) is 1. The number of carboxylic acid groups (broad SMARTS) is 1. The summed E-state index contributed by atoms with van der Waals surface area (Å²) < 4.78 is 5.39. The van der Waals surface area contributed by atoms with E-state index < -0.39 is 23.6 Å². The number of likely N-dealkylation sites (tertiary alicyclic amines) is 1. The summed E-state index contributed by atoms with van der Waals surface area (Å²) in [6.07, 6.45) is 5.42. The lowest BCUT2D eigenvalue weighted by Gasteiger charge is -2.31. The van der Waals surface area contributed by atoms with E-state index in [1.165, 1.54) is 24.2 Å². The summed E-state index contributed by atoms with van der Waals surface area (Å²) in [5, 5.41) is 9.61. The molecule has 0 aromatic rings. The molecule has 0 spiro atoms. The second-order valence-corrected chi connectivity index (χ2v) is 9.02. The zero-order chi connectivity index (χ0) is 20.2. The van der Waals surface area contributed by atoms with Crippen molar-refractivity contribution in [1.29, 1.82) is 0 Å². The summed E-state index contributed by atoms with van der Waals surface area (Å²) in [4.78, 5) is 39.5. The number of amides is 2. The molecule has 7 nitrogen and oxygen atoms in total. The van der Waals surface area contributed by atoms with Crippen LogP contribution in [0.15, 0.2) is 0 Å². The van der Waals surface area contributed by atoms with Crippen molar-refractivity contribution in [2.24, 2.45) is 17.8 Å². The second kappa shape index (κ2) is 8.93. The van der Waals surface area contributed by atoms with Crippen LogP contribution in [0.3, 0.4) is 0 Å². The van der Waals surface area contributed by atoms with Crippen LogP contribution in [-0.2, 0) is 14.3 Å². The van der Waals surface area contributed by atoms with E-state index in [1.807, 2.05) is 0 Å². The third-order valence-electron chi connectivity index (χ3n) is 5.51. The topological polar surface area (TPSA) is 87.2 Å². The molecule has 27 heavy (non-hydrogen) atoms. The number of carbonyl (C=O) groups excluding carboxylic acids is 2. The molecule has 0 aromatic heterocycles. The van der Waals surface area contributed by atoms with Crippen molar-refractivity contribution in [3.63, 3.8) is 0 Å². The molecule has 2 atom stereocenters. The molecule has 1 aliphatic heterocycles. The Morgan fingerprint density at radius 2 is 1.70 bits per heavy atom. The largest absolute Gasteiger partial charge is 0.481 e. The molecule has 2 rings (SSSR count). The van der Waals surface area contributed by atoms with Gasteiger partial charge in [0.2, 0.25) is 5.91 Å².